The van der Waals surface area contributed by atoms with Crippen molar-refractivity contribution in [3.8, 4) is 23.1 Å². The average molecular weight is 571 g/mol. The van der Waals surface area contributed by atoms with E-state index in [1.807, 2.05) is 16.9 Å². The first-order valence-corrected chi connectivity index (χ1v) is 15.4. The van der Waals surface area contributed by atoms with Gasteiger partial charge >= 0.3 is 0 Å². The quantitative estimate of drug-likeness (QED) is 0.415. The van der Waals surface area contributed by atoms with E-state index in [1.54, 1.807) is 12.4 Å². The molecule has 2 saturated heterocycles. The van der Waals surface area contributed by atoms with Crippen LogP contribution in [0.3, 0.4) is 0 Å². The molecule has 4 aliphatic rings. The summed E-state index contributed by atoms with van der Waals surface area (Å²) in [7, 11) is 0. The number of nitrogens with zero attached hydrogens (tertiary/aromatic N) is 7. The Morgan fingerprint density at radius 1 is 1.14 bits per heavy atom. The van der Waals surface area contributed by atoms with Gasteiger partial charge in [0, 0.05) is 61.7 Å². The third kappa shape index (κ3) is 5.25. The lowest BCUT2D eigenvalue weighted by Crippen LogP contribution is -2.58. The highest BCUT2D eigenvalue weighted by molar-refractivity contribution is 5.69. The van der Waals surface area contributed by atoms with Gasteiger partial charge in [-0.2, -0.15) is 10.4 Å². The molecule has 7 rings (SSSR count). The third-order valence-corrected chi connectivity index (χ3v) is 9.90. The second-order valence-electron chi connectivity index (χ2n) is 12.6. The number of fused-ring (bicyclic) bond motifs is 1. The van der Waals surface area contributed by atoms with Crippen molar-refractivity contribution >= 4 is 5.82 Å². The molecule has 1 saturated carbocycles. The predicted molar refractivity (Wildman–Crippen MR) is 157 cm³/mol. The minimum Gasteiger partial charge on any atom is -0.490 e. The van der Waals surface area contributed by atoms with Gasteiger partial charge in [-0.05, 0) is 76.1 Å². The Labute approximate surface area is 246 Å². The number of rotatable bonds is 8. The molecule has 0 bridgehead atoms. The van der Waals surface area contributed by atoms with E-state index in [2.05, 4.69) is 44.3 Å². The second kappa shape index (κ2) is 11.3. The Hall–Kier alpha value is -3.55. The highest BCUT2D eigenvalue weighted by atomic mass is 19.1. The van der Waals surface area contributed by atoms with E-state index in [-0.39, 0.29) is 17.5 Å². The first kappa shape index (κ1) is 27.3. The SMILES string of the molecule is C[C@H]1CCCN1Cc1cc(F)cc(OC2CCN(C3CC(CC#N)(n4cc(-c5ncnc6c5CCN6)cn4)C3)CC2)c1. The minimum atomic E-state index is -0.287. The molecular formula is C32H39FN8O. The van der Waals surface area contributed by atoms with Gasteiger partial charge in [0.25, 0.3) is 0 Å². The highest BCUT2D eigenvalue weighted by Crippen LogP contribution is 2.46. The highest BCUT2D eigenvalue weighted by Gasteiger charge is 2.49. The number of hydrogen-bond donors (Lipinski definition) is 1. The van der Waals surface area contributed by atoms with Crippen LogP contribution in [-0.2, 0) is 18.5 Å². The van der Waals surface area contributed by atoms with Crippen LogP contribution in [0.15, 0.2) is 36.9 Å². The molecule has 0 unspecified atom stereocenters. The predicted octanol–water partition coefficient (Wildman–Crippen LogP) is 4.75. The Balaban J connectivity index is 0.957. The van der Waals surface area contributed by atoms with E-state index in [4.69, 9.17) is 9.84 Å². The molecule has 0 spiro atoms. The number of likely N-dealkylation sites (tertiary alicyclic amines) is 2. The molecular weight excluding hydrogens is 531 g/mol. The van der Waals surface area contributed by atoms with Gasteiger partial charge in [0.05, 0.1) is 29.9 Å². The van der Waals surface area contributed by atoms with Gasteiger partial charge in [-0.15, -0.1) is 0 Å². The summed E-state index contributed by atoms with van der Waals surface area (Å²) >= 11 is 0. The lowest BCUT2D eigenvalue weighted by Gasteiger charge is -2.52. The maximum atomic E-state index is 14.5. The molecule has 1 atom stereocenters. The topological polar surface area (TPSA) is 95.1 Å². The summed E-state index contributed by atoms with van der Waals surface area (Å²) in [4.78, 5) is 13.9. The largest absolute Gasteiger partial charge is 0.490 e. The van der Waals surface area contributed by atoms with Gasteiger partial charge in [0.1, 0.15) is 29.8 Å². The standard InChI is InChI=1S/C32H39FN8O/c1-22-3-2-10-40(22)19-23-13-25(33)15-28(14-23)42-27-5-11-39(12-6-27)26-16-32(17-26,7-8-34)41-20-24(18-38-41)30-29-4-9-35-31(29)37-21-36-30/h13-15,18,20-22,26-27H,2-7,9-12,16-17,19H2,1H3,(H,35,36,37)/t22-,26?,32?/m0/s1. The molecule has 10 heteroatoms. The van der Waals surface area contributed by atoms with E-state index < -0.39 is 0 Å². The van der Waals surface area contributed by atoms with Crippen molar-refractivity contribution in [2.75, 3.05) is 31.5 Å². The molecule has 0 amide bonds. The lowest BCUT2D eigenvalue weighted by atomic mass is 9.69. The van der Waals surface area contributed by atoms with Gasteiger partial charge in [-0.1, -0.05) is 0 Å². The monoisotopic (exact) mass is 570 g/mol. The van der Waals surface area contributed by atoms with Crippen molar-refractivity contribution in [3.63, 3.8) is 0 Å². The molecule has 1 aliphatic carbocycles. The summed E-state index contributed by atoms with van der Waals surface area (Å²) in [6.45, 7) is 6.85. The molecule has 3 fully saturated rings. The molecule has 1 aromatic carbocycles. The normalized spacial score (nSPS) is 26.4. The van der Waals surface area contributed by atoms with Gasteiger partial charge in [-0.3, -0.25) is 14.5 Å². The van der Waals surface area contributed by atoms with Crippen molar-refractivity contribution < 1.29 is 9.13 Å². The van der Waals surface area contributed by atoms with E-state index in [9.17, 15) is 9.65 Å². The van der Waals surface area contributed by atoms with Crippen molar-refractivity contribution in [2.24, 2.45) is 0 Å². The fraction of sp³-hybridized carbons (Fsp3) is 0.562. The summed E-state index contributed by atoms with van der Waals surface area (Å²) in [6, 6.07) is 8.58. The van der Waals surface area contributed by atoms with Crippen molar-refractivity contribution in [1.29, 1.82) is 5.26 Å². The molecule has 2 aromatic heterocycles. The van der Waals surface area contributed by atoms with Crippen LogP contribution in [0.25, 0.3) is 11.3 Å². The van der Waals surface area contributed by atoms with Crippen LogP contribution in [-0.4, -0.2) is 73.9 Å². The molecule has 1 N–H and O–H groups in total. The number of nitriles is 1. The van der Waals surface area contributed by atoms with Crippen LogP contribution < -0.4 is 10.1 Å². The number of benzene rings is 1. The van der Waals surface area contributed by atoms with Crippen molar-refractivity contribution in [3.05, 3.63) is 53.9 Å². The maximum absolute atomic E-state index is 14.5. The number of nitrogens with one attached hydrogen (secondary N) is 1. The van der Waals surface area contributed by atoms with Crippen LogP contribution in [0.4, 0.5) is 10.2 Å². The number of aromatic nitrogens is 4. The Bertz CT molecular complexity index is 1470. The third-order valence-electron chi connectivity index (χ3n) is 9.90. The zero-order chi connectivity index (χ0) is 28.7. The molecule has 42 heavy (non-hydrogen) atoms. The van der Waals surface area contributed by atoms with E-state index in [0.717, 1.165) is 93.0 Å². The van der Waals surface area contributed by atoms with Gasteiger partial charge < -0.3 is 10.1 Å². The van der Waals surface area contributed by atoms with Crippen LogP contribution in [0.2, 0.25) is 0 Å². The van der Waals surface area contributed by atoms with Crippen LogP contribution in [0.5, 0.6) is 5.75 Å². The first-order chi connectivity index (χ1) is 20.5. The summed E-state index contributed by atoms with van der Waals surface area (Å²) in [5, 5.41) is 17.7. The zero-order valence-electron chi connectivity index (χ0n) is 24.3. The van der Waals surface area contributed by atoms with Crippen LogP contribution in [0.1, 0.15) is 63.0 Å². The Morgan fingerprint density at radius 2 is 2.00 bits per heavy atom. The van der Waals surface area contributed by atoms with Gasteiger partial charge in [-0.25, -0.2) is 14.4 Å². The smallest absolute Gasteiger partial charge is 0.133 e. The maximum Gasteiger partial charge on any atom is 0.133 e. The van der Waals surface area contributed by atoms with Crippen LogP contribution in [0, 0.1) is 17.1 Å². The van der Waals surface area contributed by atoms with Gasteiger partial charge in [0.2, 0.25) is 0 Å². The summed E-state index contributed by atoms with van der Waals surface area (Å²) < 4.78 is 22.8. The number of anilines is 1. The molecule has 3 aromatic rings. The molecule has 3 aliphatic heterocycles. The van der Waals surface area contributed by atoms with E-state index in [0.29, 0.717) is 24.3 Å². The molecule has 220 valence electrons. The first-order valence-electron chi connectivity index (χ1n) is 15.4. The van der Waals surface area contributed by atoms with Crippen LogP contribution >= 0.6 is 0 Å². The number of ether oxygens (including phenoxy) is 1. The summed E-state index contributed by atoms with van der Waals surface area (Å²) in [5.41, 5.74) is 3.74. The molecule has 5 heterocycles. The second-order valence-corrected chi connectivity index (χ2v) is 12.6. The van der Waals surface area contributed by atoms with Gasteiger partial charge in [0.15, 0.2) is 0 Å². The minimum absolute atomic E-state index is 0.0864. The van der Waals surface area contributed by atoms with E-state index in [1.165, 1.54) is 18.9 Å². The number of halogens is 1. The van der Waals surface area contributed by atoms with E-state index >= 15 is 0 Å². The lowest BCUT2D eigenvalue weighted by molar-refractivity contribution is -0.0207. The summed E-state index contributed by atoms with van der Waals surface area (Å²) in [6.07, 6.45) is 13.0. The fourth-order valence-electron chi connectivity index (χ4n) is 7.49. The summed E-state index contributed by atoms with van der Waals surface area (Å²) in [5.74, 6) is 1.33. The zero-order valence-corrected chi connectivity index (χ0v) is 24.3. The average Bonchev–Trinajstić information content (AvgIpc) is 3.73. The number of hydrogen-bond acceptors (Lipinski definition) is 8. The Kier molecular flexibility index (Phi) is 7.32. The van der Waals surface area contributed by atoms with Crippen molar-refractivity contribution in [2.45, 2.75) is 88.6 Å². The molecule has 0 radical (unpaired) electrons. The molecule has 9 nitrogen and oxygen atoms in total. The number of piperidine rings is 1. The van der Waals surface area contributed by atoms with Crippen molar-refractivity contribution in [1.82, 2.24) is 29.5 Å². The fourth-order valence-corrected chi connectivity index (χ4v) is 7.49. The Morgan fingerprint density at radius 3 is 2.79 bits per heavy atom.